The number of aromatic nitrogens is 1. The largest absolute Gasteiger partial charge is 0.480 e. The normalized spacial score (nSPS) is 19.0. The lowest BCUT2D eigenvalue weighted by atomic mass is 9.99. The minimum Gasteiger partial charge on any atom is -0.480 e. The Labute approximate surface area is 195 Å². The van der Waals surface area contributed by atoms with E-state index < -0.39 is 47.0 Å². The molecule has 34 heavy (non-hydrogen) atoms. The van der Waals surface area contributed by atoms with Crippen molar-refractivity contribution >= 4 is 27.7 Å². The molecule has 1 aromatic carbocycles. The van der Waals surface area contributed by atoms with Gasteiger partial charge in [0.1, 0.15) is 11.5 Å². The SMILES string of the molecule is Cc1noc(C)c1S(=O)(=O)N(C(=O)C[C@H]1CC(c2ccc(C(=N)N)cc2)NO1)[C@@H](CN)C(=O)O. The summed E-state index contributed by atoms with van der Waals surface area (Å²) in [4.78, 5) is 30.0. The van der Waals surface area contributed by atoms with Crippen molar-refractivity contribution in [2.24, 2.45) is 11.5 Å². The molecule has 7 N–H and O–H groups in total. The molecule has 184 valence electrons. The summed E-state index contributed by atoms with van der Waals surface area (Å²) in [5.74, 6) is -2.71. The van der Waals surface area contributed by atoms with Crippen molar-refractivity contribution in [3.8, 4) is 0 Å². The van der Waals surface area contributed by atoms with Gasteiger partial charge in [-0.3, -0.25) is 15.0 Å². The zero-order valence-electron chi connectivity index (χ0n) is 18.5. The van der Waals surface area contributed by atoms with Crippen LogP contribution in [0.1, 0.15) is 41.5 Å². The van der Waals surface area contributed by atoms with Crippen LogP contribution in [0.5, 0.6) is 0 Å². The Morgan fingerprint density at radius 2 is 1.97 bits per heavy atom. The molecule has 1 unspecified atom stereocenters. The molecule has 1 aromatic heterocycles. The number of sulfonamides is 1. The third-order valence-corrected chi connectivity index (χ3v) is 7.50. The molecular weight excluding hydrogens is 468 g/mol. The van der Waals surface area contributed by atoms with Crippen molar-refractivity contribution in [1.82, 2.24) is 14.9 Å². The van der Waals surface area contributed by atoms with E-state index in [4.69, 9.17) is 26.2 Å². The molecule has 2 aromatic rings. The van der Waals surface area contributed by atoms with Crippen LogP contribution >= 0.6 is 0 Å². The Morgan fingerprint density at radius 1 is 1.32 bits per heavy atom. The summed E-state index contributed by atoms with van der Waals surface area (Å²) in [6.45, 7) is 2.09. The monoisotopic (exact) mass is 494 g/mol. The van der Waals surface area contributed by atoms with Crippen LogP contribution in [0.15, 0.2) is 33.7 Å². The van der Waals surface area contributed by atoms with E-state index in [0.717, 1.165) is 5.56 Å². The summed E-state index contributed by atoms with van der Waals surface area (Å²) in [7, 11) is -4.64. The van der Waals surface area contributed by atoms with Crippen LogP contribution in [0.2, 0.25) is 0 Å². The molecule has 0 saturated carbocycles. The van der Waals surface area contributed by atoms with Crippen molar-refractivity contribution in [1.29, 1.82) is 5.41 Å². The standard InChI is InChI=1S/C20H26N6O7S/c1-10-18(11(2)32-24-10)34(30,31)26(16(9-21)20(28)29)17(27)8-14-7-15(25-33-14)12-3-5-13(6-4-12)19(22)23/h3-6,14-16,25H,7-9,21H2,1-2H3,(H3,22,23)(H,28,29)/t14-,15?,16+/m1/s1. The van der Waals surface area contributed by atoms with Crippen molar-refractivity contribution < 1.29 is 32.5 Å². The number of benzene rings is 1. The van der Waals surface area contributed by atoms with E-state index in [1.54, 1.807) is 24.3 Å². The zero-order valence-corrected chi connectivity index (χ0v) is 19.3. The van der Waals surface area contributed by atoms with Crippen molar-refractivity contribution in [3.05, 3.63) is 46.8 Å². The number of carbonyl (C=O) groups is 2. The number of nitrogen functional groups attached to an aromatic ring is 1. The maximum absolute atomic E-state index is 13.3. The lowest BCUT2D eigenvalue weighted by Crippen LogP contribution is -2.52. The number of nitrogens with one attached hydrogen (secondary N) is 2. The van der Waals surface area contributed by atoms with Gasteiger partial charge in [0.2, 0.25) is 5.91 Å². The molecule has 1 aliphatic rings. The molecule has 1 fully saturated rings. The summed E-state index contributed by atoms with van der Waals surface area (Å²) >= 11 is 0. The molecule has 0 aliphatic carbocycles. The van der Waals surface area contributed by atoms with E-state index in [2.05, 4.69) is 10.6 Å². The van der Waals surface area contributed by atoms with Crippen LogP contribution in [0, 0.1) is 19.3 Å². The summed E-state index contributed by atoms with van der Waals surface area (Å²) in [6, 6.07) is 4.73. The Bertz CT molecular complexity index is 1170. The predicted octanol–water partition coefficient (Wildman–Crippen LogP) is -0.0704. The van der Waals surface area contributed by atoms with Crippen molar-refractivity contribution in [3.63, 3.8) is 0 Å². The van der Waals surface area contributed by atoms with E-state index in [-0.39, 0.29) is 32.5 Å². The lowest BCUT2D eigenvalue weighted by Gasteiger charge is -2.28. The van der Waals surface area contributed by atoms with Gasteiger partial charge in [-0.1, -0.05) is 29.4 Å². The second-order valence-corrected chi connectivity index (χ2v) is 9.58. The molecule has 13 nitrogen and oxygen atoms in total. The summed E-state index contributed by atoms with van der Waals surface area (Å²) in [5.41, 5.74) is 15.1. The molecule has 1 aliphatic heterocycles. The van der Waals surface area contributed by atoms with Gasteiger partial charge in [-0.25, -0.2) is 17.5 Å². The van der Waals surface area contributed by atoms with Crippen LogP contribution in [0.3, 0.4) is 0 Å². The average molecular weight is 495 g/mol. The van der Waals surface area contributed by atoms with Crippen LogP contribution in [0.25, 0.3) is 0 Å². The van der Waals surface area contributed by atoms with Gasteiger partial charge >= 0.3 is 5.97 Å². The summed E-state index contributed by atoms with van der Waals surface area (Å²) < 4.78 is 31.8. The molecule has 1 saturated heterocycles. The van der Waals surface area contributed by atoms with Gasteiger partial charge in [0.25, 0.3) is 10.0 Å². The fraction of sp³-hybridized carbons (Fsp3) is 0.400. The number of amidine groups is 1. The second-order valence-electron chi connectivity index (χ2n) is 7.82. The van der Waals surface area contributed by atoms with Gasteiger partial charge in [-0.2, -0.15) is 5.48 Å². The van der Waals surface area contributed by atoms with E-state index in [1.165, 1.54) is 13.8 Å². The second kappa shape index (κ2) is 9.89. The Kier molecular flexibility index (Phi) is 7.35. The number of hydroxylamine groups is 1. The van der Waals surface area contributed by atoms with E-state index in [0.29, 0.717) is 12.0 Å². The molecule has 14 heteroatoms. The molecule has 1 amide bonds. The fourth-order valence-corrected chi connectivity index (χ4v) is 5.62. The summed E-state index contributed by atoms with van der Waals surface area (Å²) in [5, 5.41) is 20.6. The van der Waals surface area contributed by atoms with Crippen LogP contribution in [0.4, 0.5) is 0 Å². The number of amides is 1. The zero-order chi connectivity index (χ0) is 25.2. The lowest BCUT2D eigenvalue weighted by molar-refractivity contribution is -0.146. The summed E-state index contributed by atoms with van der Waals surface area (Å²) in [6.07, 6.45) is -0.842. The molecule has 3 rings (SSSR count). The van der Waals surface area contributed by atoms with Gasteiger partial charge in [0.05, 0.1) is 18.6 Å². The molecule has 0 spiro atoms. The number of carboxylic acid groups (broad SMARTS) is 1. The minimum atomic E-state index is -4.64. The molecule has 0 bridgehead atoms. The number of hydrogen-bond donors (Lipinski definition) is 5. The molecule has 3 atom stereocenters. The quantitative estimate of drug-likeness (QED) is 0.230. The first-order valence-corrected chi connectivity index (χ1v) is 11.7. The van der Waals surface area contributed by atoms with E-state index in [1.807, 2.05) is 0 Å². The smallest absolute Gasteiger partial charge is 0.328 e. The van der Waals surface area contributed by atoms with Crippen LogP contribution in [-0.2, 0) is 24.4 Å². The first-order chi connectivity index (χ1) is 16.0. The predicted molar refractivity (Wildman–Crippen MR) is 118 cm³/mol. The van der Waals surface area contributed by atoms with Gasteiger partial charge in [-0.15, -0.1) is 0 Å². The van der Waals surface area contributed by atoms with E-state index in [9.17, 15) is 23.1 Å². The maximum Gasteiger partial charge on any atom is 0.328 e. The fourth-order valence-electron chi connectivity index (χ4n) is 3.76. The first kappa shape index (κ1) is 25.3. The van der Waals surface area contributed by atoms with Crippen molar-refractivity contribution in [2.75, 3.05) is 6.54 Å². The maximum atomic E-state index is 13.3. The van der Waals surface area contributed by atoms with E-state index >= 15 is 0 Å². The highest BCUT2D eigenvalue weighted by molar-refractivity contribution is 7.89. The Hall–Kier alpha value is -3.33. The molecular formula is C20H26N6O7S. The molecule has 2 heterocycles. The highest BCUT2D eigenvalue weighted by atomic mass is 32.2. The highest BCUT2D eigenvalue weighted by Crippen LogP contribution is 2.30. The number of aryl methyl sites for hydroxylation is 2. The number of carboxylic acids is 1. The van der Waals surface area contributed by atoms with Gasteiger partial charge < -0.3 is 21.1 Å². The third-order valence-electron chi connectivity index (χ3n) is 5.42. The van der Waals surface area contributed by atoms with Gasteiger partial charge in [0, 0.05) is 12.1 Å². The third kappa shape index (κ3) is 4.94. The van der Waals surface area contributed by atoms with Crippen molar-refractivity contribution in [2.45, 2.75) is 49.8 Å². The number of nitrogens with two attached hydrogens (primary N) is 2. The number of rotatable bonds is 9. The average Bonchev–Trinajstić information content (AvgIpc) is 3.37. The number of aliphatic carboxylic acids is 1. The molecule has 0 radical (unpaired) electrons. The Balaban J connectivity index is 1.82. The topological polar surface area (TPSA) is 215 Å². The number of carbonyl (C=O) groups excluding carboxylic acids is 1. The van der Waals surface area contributed by atoms with Crippen LogP contribution < -0.4 is 16.9 Å². The first-order valence-electron chi connectivity index (χ1n) is 10.3. The minimum absolute atomic E-state index is 0.00989. The van der Waals surface area contributed by atoms with Gasteiger partial charge in [-0.05, 0) is 25.8 Å². The highest BCUT2D eigenvalue weighted by Gasteiger charge is 2.43. The Morgan fingerprint density at radius 3 is 2.47 bits per heavy atom. The van der Waals surface area contributed by atoms with Gasteiger partial charge in [0.15, 0.2) is 16.7 Å². The number of hydrogen-bond acceptors (Lipinski definition) is 10. The van der Waals surface area contributed by atoms with Crippen LogP contribution in [-0.4, -0.2) is 59.4 Å². The number of nitrogens with zero attached hydrogens (tertiary/aromatic N) is 2.